The number of rotatable bonds is 4. The van der Waals surface area contributed by atoms with E-state index in [2.05, 4.69) is 10.6 Å². The molecule has 0 fully saturated rings. The fourth-order valence-electron chi connectivity index (χ4n) is 2.02. The normalized spacial score (nSPS) is 11.7. The molecular weight excluding hydrogens is 252 g/mol. The molecule has 0 aliphatic carbocycles. The van der Waals surface area contributed by atoms with Gasteiger partial charge in [-0.3, -0.25) is 4.79 Å². The zero-order valence-corrected chi connectivity index (χ0v) is 11.6. The summed E-state index contributed by atoms with van der Waals surface area (Å²) >= 11 is 0. The summed E-state index contributed by atoms with van der Waals surface area (Å²) < 4.78 is 0. The van der Waals surface area contributed by atoms with Gasteiger partial charge in [0.25, 0.3) is 5.91 Å². The third-order valence-electron chi connectivity index (χ3n) is 3.11. The number of phenolic OH excluding ortho intramolecular Hbond substituents is 1. The van der Waals surface area contributed by atoms with Gasteiger partial charge in [-0.2, -0.15) is 0 Å². The summed E-state index contributed by atoms with van der Waals surface area (Å²) in [6, 6.07) is 14.5. The van der Waals surface area contributed by atoms with Crippen molar-refractivity contribution in [2.75, 3.05) is 12.4 Å². The number of anilines is 1. The van der Waals surface area contributed by atoms with Gasteiger partial charge in [-0.05, 0) is 42.8 Å². The first-order valence-corrected chi connectivity index (χ1v) is 6.48. The average molecular weight is 270 g/mol. The smallest absolute Gasteiger partial charge is 0.251 e. The van der Waals surface area contributed by atoms with Crippen molar-refractivity contribution in [2.45, 2.75) is 13.0 Å². The molecule has 1 atom stereocenters. The van der Waals surface area contributed by atoms with Crippen LogP contribution in [0.25, 0.3) is 0 Å². The first-order valence-electron chi connectivity index (χ1n) is 6.48. The Labute approximate surface area is 118 Å². The van der Waals surface area contributed by atoms with Crippen LogP contribution < -0.4 is 10.6 Å². The molecule has 2 aromatic carbocycles. The van der Waals surface area contributed by atoms with E-state index >= 15 is 0 Å². The Hall–Kier alpha value is -2.49. The van der Waals surface area contributed by atoms with Crippen LogP contribution >= 0.6 is 0 Å². The molecule has 0 saturated carbocycles. The lowest BCUT2D eigenvalue weighted by molar-refractivity contribution is 0.0963. The number of aromatic hydroxyl groups is 1. The Morgan fingerprint density at radius 3 is 2.60 bits per heavy atom. The lowest BCUT2D eigenvalue weighted by atomic mass is 10.1. The average Bonchev–Trinajstić information content (AvgIpc) is 2.46. The third-order valence-corrected chi connectivity index (χ3v) is 3.11. The highest BCUT2D eigenvalue weighted by Crippen LogP contribution is 2.22. The number of amides is 1. The molecule has 0 aliphatic heterocycles. The second-order valence-electron chi connectivity index (χ2n) is 4.62. The van der Waals surface area contributed by atoms with E-state index in [0.29, 0.717) is 5.56 Å². The van der Waals surface area contributed by atoms with Crippen LogP contribution in [0.15, 0.2) is 48.5 Å². The summed E-state index contributed by atoms with van der Waals surface area (Å²) in [4.78, 5) is 11.6. The predicted octanol–water partition coefficient (Wildman–Crippen LogP) is 2.92. The van der Waals surface area contributed by atoms with Crippen LogP contribution in [0, 0.1) is 0 Å². The standard InChI is InChI=1S/C16H18N2O2/c1-11(12-5-4-8-15(19)10-12)18-14-7-3-6-13(9-14)16(20)17-2/h3-11,18-19H,1-2H3,(H,17,20). The summed E-state index contributed by atoms with van der Waals surface area (Å²) in [5.74, 6) is 0.133. The Morgan fingerprint density at radius 2 is 1.90 bits per heavy atom. The number of carbonyl (C=O) groups is 1. The Bertz CT molecular complexity index is 611. The van der Waals surface area contributed by atoms with Crippen LogP contribution in [0.1, 0.15) is 28.9 Å². The van der Waals surface area contributed by atoms with E-state index in [1.807, 2.05) is 31.2 Å². The van der Waals surface area contributed by atoms with Crippen LogP contribution in [-0.2, 0) is 0 Å². The molecule has 2 aromatic rings. The molecule has 0 radical (unpaired) electrons. The third kappa shape index (κ3) is 3.29. The number of nitrogens with one attached hydrogen (secondary N) is 2. The largest absolute Gasteiger partial charge is 0.508 e. The SMILES string of the molecule is CNC(=O)c1cccc(NC(C)c2cccc(O)c2)c1. The van der Waals surface area contributed by atoms with E-state index in [0.717, 1.165) is 11.3 Å². The van der Waals surface area contributed by atoms with Crippen molar-refractivity contribution in [3.63, 3.8) is 0 Å². The molecule has 0 aliphatic rings. The summed E-state index contributed by atoms with van der Waals surface area (Å²) in [5.41, 5.74) is 2.46. The van der Waals surface area contributed by atoms with Gasteiger partial charge >= 0.3 is 0 Å². The first kappa shape index (κ1) is 13.9. The fraction of sp³-hybridized carbons (Fsp3) is 0.188. The van der Waals surface area contributed by atoms with Gasteiger partial charge in [-0.25, -0.2) is 0 Å². The molecule has 1 amide bonds. The molecule has 4 nitrogen and oxygen atoms in total. The minimum Gasteiger partial charge on any atom is -0.508 e. The van der Waals surface area contributed by atoms with Gasteiger partial charge in [0.05, 0.1) is 0 Å². The second-order valence-corrected chi connectivity index (χ2v) is 4.62. The van der Waals surface area contributed by atoms with E-state index in [9.17, 15) is 9.90 Å². The fourth-order valence-corrected chi connectivity index (χ4v) is 2.02. The molecule has 0 spiro atoms. The minimum absolute atomic E-state index is 0.0297. The highest BCUT2D eigenvalue weighted by atomic mass is 16.3. The monoisotopic (exact) mass is 270 g/mol. The maximum Gasteiger partial charge on any atom is 0.251 e. The maximum absolute atomic E-state index is 11.6. The van der Waals surface area contributed by atoms with Crippen molar-refractivity contribution in [3.05, 3.63) is 59.7 Å². The van der Waals surface area contributed by atoms with Crippen LogP contribution in [-0.4, -0.2) is 18.1 Å². The second kappa shape index (κ2) is 6.10. The zero-order chi connectivity index (χ0) is 14.5. The van der Waals surface area contributed by atoms with Gasteiger partial charge in [0.1, 0.15) is 5.75 Å². The van der Waals surface area contributed by atoms with Crippen molar-refractivity contribution < 1.29 is 9.90 Å². The van der Waals surface area contributed by atoms with Gasteiger partial charge in [0.15, 0.2) is 0 Å². The number of hydrogen-bond donors (Lipinski definition) is 3. The van der Waals surface area contributed by atoms with E-state index < -0.39 is 0 Å². The van der Waals surface area contributed by atoms with Crippen LogP contribution in [0.2, 0.25) is 0 Å². The van der Waals surface area contributed by atoms with E-state index in [4.69, 9.17) is 0 Å². The van der Waals surface area contributed by atoms with Gasteiger partial charge in [-0.1, -0.05) is 18.2 Å². The van der Waals surface area contributed by atoms with Crippen molar-refractivity contribution in [2.24, 2.45) is 0 Å². The highest BCUT2D eigenvalue weighted by molar-refractivity contribution is 5.94. The molecule has 3 N–H and O–H groups in total. The van der Waals surface area contributed by atoms with E-state index in [1.165, 1.54) is 0 Å². The minimum atomic E-state index is -0.112. The number of carbonyl (C=O) groups excluding carboxylic acids is 1. The van der Waals surface area contributed by atoms with E-state index in [1.54, 1.807) is 31.3 Å². The summed E-state index contributed by atoms with van der Waals surface area (Å²) in [6.07, 6.45) is 0. The predicted molar refractivity (Wildman–Crippen MR) is 80.0 cm³/mol. The molecule has 104 valence electrons. The Kier molecular flexibility index (Phi) is 4.25. The molecule has 0 heterocycles. The van der Waals surface area contributed by atoms with Crippen LogP contribution in [0.4, 0.5) is 5.69 Å². The van der Waals surface area contributed by atoms with Crippen molar-refractivity contribution in [3.8, 4) is 5.75 Å². The lowest BCUT2D eigenvalue weighted by Gasteiger charge is -2.16. The summed E-state index contributed by atoms with van der Waals surface area (Å²) in [6.45, 7) is 2.00. The molecule has 4 heteroatoms. The molecule has 20 heavy (non-hydrogen) atoms. The van der Waals surface area contributed by atoms with Crippen molar-refractivity contribution in [1.29, 1.82) is 0 Å². The lowest BCUT2D eigenvalue weighted by Crippen LogP contribution is -2.18. The molecular formula is C16H18N2O2. The number of benzene rings is 2. The van der Waals surface area contributed by atoms with Crippen molar-refractivity contribution >= 4 is 11.6 Å². The summed E-state index contributed by atoms with van der Waals surface area (Å²) in [7, 11) is 1.61. The first-order chi connectivity index (χ1) is 9.60. The van der Waals surface area contributed by atoms with Crippen molar-refractivity contribution in [1.82, 2.24) is 5.32 Å². The molecule has 1 unspecified atom stereocenters. The zero-order valence-electron chi connectivity index (χ0n) is 11.6. The molecule has 2 rings (SSSR count). The number of hydrogen-bond acceptors (Lipinski definition) is 3. The van der Waals surface area contributed by atoms with E-state index in [-0.39, 0.29) is 17.7 Å². The van der Waals surface area contributed by atoms with Crippen LogP contribution in [0.3, 0.4) is 0 Å². The highest BCUT2D eigenvalue weighted by Gasteiger charge is 2.08. The summed E-state index contributed by atoms with van der Waals surface area (Å²) in [5, 5.41) is 15.4. The molecule has 0 saturated heterocycles. The van der Waals surface area contributed by atoms with Crippen LogP contribution in [0.5, 0.6) is 5.75 Å². The van der Waals surface area contributed by atoms with Gasteiger partial charge in [0, 0.05) is 24.3 Å². The Balaban J connectivity index is 2.15. The number of phenols is 1. The molecule has 0 bridgehead atoms. The van der Waals surface area contributed by atoms with Gasteiger partial charge < -0.3 is 15.7 Å². The van der Waals surface area contributed by atoms with Gasteiger partial charge in [-0.15, -0.1) is 0 Å². The molecule has 0 aromatic heterocycles. The van der Waals surface area contributed by atoms with Gasteiger partial charge in [0.2, 0.25) is 0 Å². The topological polar surface area (TPSA) is 61.4 Å². The quantitative estimate of drug-likeness (QED) is 0.800. The Morgan fingerprint density at radius 1 is 1.15 bits per heavy atom. The maximum atomic E-state index is 11.6.